The molecule has 2 aromatic rings. The van der Waals surface area contributed by atoms with Gasteiger partial charge in [-0.25, -0.2) is 0 Å². The SMILES string of the molecule is O=[N+]([O-])c1cccc(-c2ccc([C@H]3C[C@H](O)[C@@H](CO)O3)o2)c1. The zero-order valence-electron chi connectivity index (χ0n) is 11.6. The van der Waals surface area contributed by atoms with Crippen molar-refractivity contribution in [1.29, 1.82) is 0 Å². The highest BCUT2D eigenvalue weighted by Gasteiger charge is 2.35. The van der Waals surface area contributed by atoms with Crippen molar-refractivity contribution in [2.45, 2.75) is 24.7 Å². The van der Waals surface area contributed by atoms with Crippen LogP contribution in [0.1, 0.15) is 18.3 Å². The van der Waals surface area contributed by atoms with E-state index in [9.17, 15) is 15.2 Å². The van der Waals surface area contributed by atoms with E-state index < -0.39 is 23.2 Å². The van der Waals surface area contributed by atoms with Gasteiger partial charge >= 0.3 is 0 Å². The number of aliphatic hydroxyl groups is 2. The van der Waals surface area contributed by atoms with Crippen molar-refractivity contribution in [3.05, 3.63) is 52.3 Å². The van der Waals surface area contributed by atoms with Gasteiger partial charge in [-0.05, 0) is 12.1 Å². The first kappa shape index (κ1) is 14.7. The minimum atomic E-state index is -0.735. The number of non-ortho nitro benzene ring substituents is 1. The molecule has 0 unspecified atom stereocenters. The maximum absolute atomic E-state index is 10.8. The maximum atomic E-state index is 10.8. The molecule has 0 bridgehead atoms. The molecule has 0 spiro atoms. The average molecular weight is 305 g/mol. The smallest absolute Gasteiger partial charge is 0.270 e. The van der Waals surface area contributed by atoms with Gasteiger partial charge in [-0.15, -0.1) is 0 Å². The highest BCUT2D eigenvalue weighted by atomic mass is 16.6. The van der Waals surface area contributed by atoms with Crippen molar-refractivity contribution in [1.82, 2.24) is 0 Å². The van der Waals surface area contributed by atoms with Crippen molar-refractivity contribution in [2.75, 3.05) is 6.61 Å². The van der Waals surface area contributed by atoms with Gasteiger partial charge in [-0.1, -0.05) is 12.1 Å². The summed E-state index contributed by atoms with van der Waals surface area (Å²) < 4.78 is 11.2. The molecule has 1 aromatic carbocycles. The van der Waals surface area contributed by atoms with E-state index in [1.807, 2.05) is 0 Å². The number of rotatable bonds is 4. The number of benzene rings is 1. The van der Waals surface area contributed by atoms with Gasteiger partial charge in [0.15, 0.2) is 0 Å². The molecule has 0 aliphatic carbocycles. The van der Waals surface area contributed by atoms with Crippen LogP contribution in [0.25, 0.3) is 11.3 Å². The zero-order valence-corrected chi connectivity index (χ0v) is 11.6. The molecule has 1 fully saturated rings. The van der Waals surface area contributed by atoms with Gasteiger partial charge < -0.3 is 19.4 Å². The van der Waals surface area contributed by atoms with Crippen molar-refractivity contribution in [3.63, 3.8) is 0 Å². The quantitative estimate of drug-likeness (QED) is 0.661. The Morgan fingerprint density at radius 3 is 2.82 bits per heavy atom. The third-order valence-corrected chi connectivity index (χ3v) is 3.69. The lowest BCUT2D eigenvalue weighted by Gasteiger charge is -2.10. The monoisotopic (exact) mass is 305 g/mol. The fraction of sp³-hybridized carbons (Fsp3) is 0.333. The van der Waals surface area contributed by atoms with Crippen molar-refractivity contribution < 1.29 is 24.3 Å². The van der Waals surface area contributed by atoms with E-state index >= 15 is 0 Å². The standard InChI is InChI=1S/C15H15NO6/c17-8-15-11(18)7-14(22-15)13-5-4-12(21-13)9-2-1-3-10(6-9)16(19)20/h1-6,11,14-15,17-18H,7-8H2/t11-,14+,15+/m0/s1. The molecule has 2 heterocycles. The summed E-state index contributed by atoms with van der Waals surface area (Å²) in [6.45, 7) is -0.254. The number of nitro benzene ring substituents is 1. The van der Waals surface area contributed by atoms with Gasteiger partial charge in [0.05, 0.1) is 17.6 Å². The largest absolute Gasteiger partial charge is 0.458 e. The van der Waals surface area contributed by atoms with Crippen LogP contribution in [0.3, 0.4) is 0 Å². The summed E-state index contributed by atoms with van der Waals surface area (Å²) in [6, 6.07) is 9.57. The molecule has 1 saturated heterocycles. The van der Waals surface area contributed by atoms with Crippen LogP contribution >= 0.6 is 0 Å². The maximum Gasteiger partial charge on any atom is 0.270 e. The molecule has 0 amide bonds. The van der Waals surface area contributed by atoms with E-state index in [2.05, 4.69) is 0 Å². The fourth-order valence-electron chi connectivity index (χ4n) is 2.53. The van der Waals surface area contributed by atoms with Crippen LogP contribution in [0.5, 0.6) is 0 Å². The van der Waals surface area contributed by atoms with Crippen LogP contribution in [0.4, 0.5) is 5.69 Å². The number of ether oxygens (including phenoxy) is 1. The van der Waals surface area contributed by atoms with Gasteiger partial charge in [0.1, 0.15) is 23.7 Å². The van der Waals surface area contributed by atoms with Gasteiger partial charge in [0.25, 0.3) is 5.69 Å². The lowest BCUT2D eigenvalue weighted by molar-refractivity contribution is -0.384. The molecular formula is C15H15NO6. The first-order valence-electron chi connectivity index (χ1n) is 6.87. The van der Waals surface area contributed by atoms with E-state index in [0.29, 0.717) is 23.5 Å². The molecule has 116 valence electrons. The summed E-state index contributed by atoms with van der Waals surface area (Å²) in [6.07, 6.45) is -1.44. The molecule has 0 radical (unpaired) electrons. The molecule has 2 N–H and O–H groups in total. The van der Waals surface area contributed by atoms with Crippen molar-refractivity contribution in [2.24, 2.45) is 0 Å². The predicted molar refractivity (Wildman–Crippen MR) is 76.1 cm³/mol. The van der Waals surface area contributed by atoms with Gasteiger partial charge in [-0.3, -0.25) is 10.1 Å². The van der Waals surface area contributed by atoms with Gasteiger partial charge in [0, 0.05) is 24.1 Å². The third kappa shape index (κ3) is 2.74. The number of furan rings is 1. The lowest BCUT2D eigenvalue weighted by atomic mass is 10.1. The van der Waals surface area contributed by atoms with E-state index in [4.69, 9.17) is 14.3 Å². The Balaban J connectivity index is 1.82. The van der Waals surface area contributed by atoms with E-state index in [-0.39, 0.29) is 12.3 Å². The van der Waals surface area contributed by atoms with Crippen LogP contribution in [0.15, 0.2) is 40.8 Å². The Bertz CT molecular complexity index is 682. The van der Waals surface area contributed by atoms with Gasteiger partial charge in [-0.2, -0.15) is 0 Å². The first-order chi connectivity index (χ1) is 10.6. The normalized spacial score (nSPS) is 24.5. The van der Waals surface area contributed by atoms with Gasteiger partial charge in [0.2, 0.25) is 0 Å². The molecule has 7 heteroatoms. The molecule has 3 rings (SSSR count). The Hall–Kier alpha value is -2.22. The first-order valence-corrected chi connectivity index (χ1v) is 6.87. The molecule has 1 aromatic heterocycles. The predicted octanol–water partition coefficient (Wildman–Crippen LogP) is 2.04. The Morgan fingerprint density at radius 1 is 1.32 bits per heavy atom. The van der Waals surface area contributed by atoms with E-state index in [1.54, 1.807) is 24.3 Å². The number of aliphatic hydroxyl groups excluding tert-OH is 2. The fourth-order valence-corrected chi connectivity index (χ4v) is 2.53. The molecular weight excluding hydrogens is 290 g/mol. The van der Waals surface area contributed by atoms with Crippen LogP contribution in [0, 0.1) is 10.1 Å². The average Bonchev–Trinajstić information content (AvgIpc) is 3.13. The Morgan fingerprint density at radius 2 is 2.14 bits per heavy atom. The highest BCUT2D eigenvalue weighted by molar-refractivity contribution is 5.61. The second-order valence-corrected chi connectivity index (χ2v) is 5.16. The van der Waals surface area contributed by atoms with Crippen LogP contribution in [-0.2, 0) is 4.74 Å². The second kappa shape index (κ2) is 5.88. The van der Waals surface area contributed by atoms with Crippen molar-refractivity contribution in [3.8, 4) is 11.3 Å². The molecule has 7 nitrogen and oxygen atoms in total. The molecule has 22 heavy (non-hydrogen) atoms. The topological polar surface area (TPSA) is 106 Å². The molecule has 1 aliphatic heterocycles. The summed E-state index contributed by atoms with van der Waals surface area (Å²) in [5.41, 5.74) is 0.584. The summed E-state index contributed by atoms with van der Waals surface area (Å²) in [4.78, 5) is 10.3. The molecule has 0 saturated carbocycles. The minimum absolute atomic E-state index is 0.0108. The van der Waals surface area contributed by atoms with Crippen molar-refractivity contribution >= 4 is 5.69 Å². The van der Waals surface area contributed by atoms with Crippen LogP contribution in [0.2, 0.25) is 0 Å². The third-order valence-electron chi connectivity index (χ3n) is 3.69. The Kier molecular flexibility index (Phi) is 3.93. The molecule has 3 atom stereocenters. The summed E-state index contributed by atoms with van der Waals surface area (Å²) in [5, 5.41) is 29.6. The lowest BCUT2D eigenvalue weighted by Crippen LogP contribution is -2.24. The van der Waals surface area contributed by atoms with Crippen LogP contribution < -0.4 is 0 Å². The number of hydrogen-bond donors (Lipinski definition) is 2. The Labute approximate surface area is 125 Å². The number of nitrogens with zero attached hydrogens (tertiary/aromatic N) is 1. The number of nitro groups is 1. The summed E-state index contributed by atoms with van der Waals surface area (Å²) in [7, 11) is 0. The van der Waals surface area contributed by atoms with E-state index in [1.165, 1.54) is 12.1 Å². The highest BCUT2D eigenvalue weighted by Crippen LogP contribution is 2.36. The summed E-state index contributed by atoms with van der Waals surface area (Å²) >= 11 is 0. The molecule has 1 aliphatic rings. The minimum Gasteiger partial charge on any atom is -0.458 e. The van der Waals surface area contributed by atoms with Crippen LogP contribution in [-0.4, -0.2) is 34.0 Å². The number of hydrogen-bond acceptors (Lipinski definition) is 6. The summed E-state index contributed by atoms with van der Waals surface area (Å²) in [5.74, 6) is 1.01. The zero-order chi connectivity index (χ0) is 15.7. The second-order valence-electron chi connectivity index (χ2n) is 5.16. The van der Waals surface area contributed by atoms with E-state index in [0.717, 1.165) is 0 Å².